The third-order valence-corrected chi connectivity index (χ3v) is 5.18. The summed E-state index contributed by atoms with van der Waals surface area (Å²) < 4.78 is 5.50. The molecule has 2 N–H and O–H groups in total. The van der Waals surface area contributed by atoms with E-state index in [0.717, 1.165) is 11.1 Å². The first-order valence-electron chi connectivity index (χ1n) is 8.28. The van der Waals surface area contributed by atoms with E-state index >= 15 is 0 Å². The van der Waals surface area contributed by atoms with E-state index in [1.165, 1.54) is 24.2 Å². The van der Waals surface area contributed by atoms with Crippen molar-refractivity contribution >= 4 is 56.8 Å². The van der Waals surface area contributed by atoms with Gasteiger partial charge in [-0.3, -0.25) is 19.8 Å². The molecular formula is C20H17BrN2O4S. The summed E-state index contributed by atoms with van der Waals surface area (Å²) in [6, 6.07) is 8.78. The third-order valence-electron chi connectivity index (χ3n) is 4.29. The number of rotatable bonds is 3. The number of hydrogen-bond acceptors (Lipinski definition) is 5. The Kier molecular flexibility index (Phi) is 5.53. The lowest BCUT2D eigenvalue weighted by Crippen LogP contribution is -2.54. The molecule has 2 aromatic rings. The minimum absolute atomic E-state index is 0.0327. The van der Waals surface area contributed by atoms with E-state index in [1.807, 2.05) is 32.0 Å². The molecule has 1 saturated heterocycles. The van der Waals surface area contributed by atoms with Crippen LogP contribution in [0.25, 0.3) is 6.08 Å². The molecule has 0 radical (unpaired) electrons. The number of aryl methyl sites for hydroxylation is 2. The minimum atomic E-state index is -0.584. The van der Waals surface area contributed by atoms with Crippen LogP contribution in [0.4, 0.5) is 5.69 Å². The molecule has 0 spiro atoms. The van der Waals surface area contributed by atoms with E-state index in [4.69, 9.17) is 17.0 Å². The maximum atomic E-state index is 13.1. The summed E-state index contributed by atoms with van der Waals surface area (Å²) in [7, 11) is 1.41. The molecule has 1 heterocycles. The molecule has 6 nitrogen and oxygen atoms in total. The molecule has 0 aliphatic carbocycles. The number of halogens is 1. The average Bonchev–Trinajstić information content (AvgIpc) is 2.64. The molecular weight excluding hydrogens is 444 g/mol. The summed E-state index contributed by atoms with van der Waals surface area (Å²) in [6.07, 6.45) is 1.43. The summed E-state index contributed by atoms with van der Waals surface area (Å²) in [5, 5.41) is 12.5. The first kappa shape index (κ1) is 20.0. The van der Waals surface area contributed by atoms with Crippen LogP contribution in [0.3, 0.4) is 0 Å². The number of carbonyl (C=O) groups is 2. The van der Waals surface area contributed by atoms with Crippen LogP contribution in [0.1, 0.15) is 16.7 Å². The van der Waals surface area contributed by atoms with Crippen molar-refractivity contribution in [3.63, 3.8) is 0 Å². The number of nitrogens with one attached hydrogen (secondary N) is 1. The number of hydrogen-bond donors (Lipinski definition) is 2. The van der Waals surface area contributed by atoms with Crippen LogP contribution in [0, 0.1) is 13.8 Å². The van der Waals surface area contributed by atoms with Gasteiger partial charge in [-0.2, -0.15) is 0 Å². The largest absolute Gasteiger partial charge is 0.503 e. The van der Waals surface area contributed by atoms with Crippen molar-refractivity contribution < 1.29 is 19.4 Å². The second-order valence-electron chi connectivity index (χ2n) is 6.30. The number of anilines is 1. The van der Waals surface area contributed by atoms with Crippen LogP contribution in [-0.4, -0.2) is 29.1 Å². The molecule has 144 valence electrons. The zero-order valence-electron chi connectivity index (χ0n) is 15.4. The Labute approximate surface area is 175 Å². The van der Waals surface area contributed by atoms with Crippen molar-refractivity contribution in [2.24, 2.45) is 0 Å². The zero-order valence-corrected chi connectivity index (χ0v) is 17.8. The molecule has 0 atom stereocenters. The third kappa shape index (κ3) is 3.65. The lowest BCUT2D eigenvalue weighted by molar-refractivity contribution is -0.122. The van der Waals surface area contributed by atoms with Gasteiger partial charge in [-0.1, -0.05) is 12.1 Å². The number of methoxy groups -OCH3 is 1. The number of nitrogens with zero attached hydrogens (tertiary/aromatic N) is 1. The van der Waals surface area contributed by atoms with E-state index in [0.29, 0.717) is 15.7 Å². The Hall–Kier alpha value is -2.71. The first-order chi connectivity index (χ1) is 13.2. The number of benzene rings is 2. The Morgan fingerprint density at radius 3 is 2.61 bits per heavy atom. The molecule has 8 heteroatoms. The standard InChI is InChI=1S/C20H17BrN2O4S/c1-10-4-5-11(2)15(6-10)23-19(26)13(18(25)22-20(23)28)7-12-8-14(21)17(24)16(9-12)27-3/h4-9,24H,1-3H3,(H,22,25,28)/b13-7+. The smallest absolute Gasteiger partial charge is 0.270 e. The normalized spacial score (nSPS) is 15.8. The van der Waals surface area contributed by atoms with Gasteiger partial charge in [-0.25, -0.2) is 0 Å². The molecule has 2 aromatic carbocycles. The van der Waals surface area contributed by atoms with Crippen molar-refractivity contribution in [2.75, 3.05) is 12.0 Å². The number of aromatic hydroxyl groups is 1. The van der Waals surface area contributed by atoms with Crippen molar-refractivity contribution in [1.29, 1.82) is 0 Å². The number of thiocarbonyl (C=S) groups is 1. The van der Waals surface area contributed by atoms with Crippen LogP contribution < -0.4 is 15.0 Å². The quantitative estimate of drug-likeness (QED) is 0.415. The van der Waals surface area contributed by atoms with Gasteiger partial charge in [0, 0.05) is 0 Å². The van der Waals surface area contributed by atoms with Crippen LogP contribution in [0.5, 0.6) is 11.5 Å². The number of amides is 2. The number of carbonyl (C=O) groups excluding carboxylic acids is 2. The fraction of sp³-hybridized carbons (Fsp3) is 0.150. The minimum Gasteiger partial charge on any atom is -0.503 e. The van der Waals surface area contributed by atoms with Gasteiger partial charge in [-0.05, 0) is 83.0 Å². The van der Waals surface area contributed by atoms with Gasteiger partial charge in [-0.15, -0.1) is 0 Å². The average molecular weight is 461 g/mol. The number of phenolic OH excluding ortho intramolecular Hbond substituents is 1. The SMILES string of the molecule is COc1cc(/C=C2\C(=O)NC(=S)N(c3cc(C)ccc3C)C2=O)cc(Br)c1O. The summed E-state index contributed by atoms with van der Waals surface area (Å²) in [6.45, 7) is 3.78. The van der Waals surface area contributed by atoms with Gasteiger partial charge >= 0.3 is 0 Å². The predicted molar refractivity (Wildman–Crippen MR) is 114 cm³/mol. The van der Waals surface area contributed by atoms with Crippen molar-refractivity contribution in [1.82, 2.24) is 5.32 Å². The lowest BCUT2D eigenvalue weighted by atomic mass is 10.0. The number of ether oxygens (including phenoxy) is 1. The lowest BCUT2D eigenvalue weighted by Gasteiger charge is -2.30. The van der Waals surface area contributed by atoms with Crippen LogP contribution in [0.2, 0.25) is 0 Å². The van der Waals surface area contributed by atoms with Crippen molar-refractivity contribution in [2.45, 2.75) is 13.8 Å². The van der Waals surface area contributed by atoms with Gasteiger partial charge in [0.2, 0.25) is 0 Å². The van der Waals surface area contributed by atoms with Crippen molar-refractivity contribution in [3.8, 4) is 11.5 Å². The van der Waals surface area contributed by atoms with Crippen LogP contribution in [-0.2, 0) is 9.59 Å². The van der Waals surface area contributed by atoms with Gasteiger partial charge in [0.15, 0.2) is 16.6 Å². The fourth-order valence-electron chi connectivity index (χ4n) is 2.84. The topological polar surface area (TPSA) is 78.9 Å². The first-order valence-corrected chi connectivity index (χ1v) is 9.48. The highest BCUT2D eigenvalue weighted by molar-refractivity contribution is 9.10. The molecule has 1 aliphatic rings. The second kappa shape index (κ2) is 7.73. The van der Waals surface area contributed by atoms with Gasteiger partial charge in [0.25, 0.3) is 11.8 Å². The highest BCUT2D eigenvalue weighted by Gasteiger charge is 2.35. The maximum Gasteiger partial charge on any atom is 0.270 e. The van der Waals surface area contributed by atoms with Crippen LogP contribution >= 0.6 is 28.1 Å². The van der Waals surface area contributed by atoms with Crippen molar-refractivity contribution in [3.05, 3.63) is 57.1 Å². The summed E-state index contributed by atoms with van der Waals surface area (Å²) in [4.78, 5) is 26.9. The monoisotopic (exact) mass is 460 g/mol. The Bertz CT molecular complexity index is 1050. The molecule has 0 unspecified atom stereocenters. The molecule has 0 saturated carbocycles. The van der Waals surface area contributed by atoms with E-state index in [1.54, 1.807) is 6.07 Å². The molecule has 0 bridgehead atoms. The molecule has 0 aromatic heterocycles. The summed E-state index contributed by atoms with van der Waals surface area (Å²) in [5.74, 6) is -0.959. The fourth-order valence-corrected chi connectivity index (χ4v) is 3.57. The second-order valence-corrected chi connectivity index (χ2v) is 7.54. The predicted octanol–water partition coefficient (Wildman–Crippen LogP) is 3.61. The van der Waals surface area contributed by atoms with Crippen LogP contribution in [0.15, 0.2) is 40.4 Å². The molecule has 2 amide bonds. The summed E-state index contributed by atoms with van der Waals surface area (Å²) in [5.41, 5.74) is 2.87. The molecule has 1 fully saturated rings. The highest BCUT2D eigenvalue weighted by atomic mass is 79.9. The Morgan fingerprint density at radius 1 is 1.21 bits per heavy atom. The zero-order chi connectivity index (χ0) is 20.6. The van der Waals surface area contributed by atoms with E-state index in [2.05, 4.69) is 21.2 Å². The molecule has 28 heavy (non-hydrogen) atoms. The molecule has 1 aliphatic heterocycles. The Morgan fingerprint density at radius 2 is 1.93 bits per heavy atom. The molecule has 3 rings (SSSR count). The van der Waals surface area contributed by atoms with Gasteiger partial charge in [0.1, 0.15) is 5.57 Å². The van der Waals surface area contributed by atoms with E-state index < -0.39 is 11.8 Å². The van der Waals surface area contributed by atoms with Gasteiger partial charge in [0.05, 0.1) is 17.3 Å². The highest BCUT2D eigenvalue weighted by Crippen LogP contribution is 2.36. The van der Waals surface area contributed by atoms with E-state index in [9.17, 15) is 14.7 Å². The summed E-state index contributed by atoms with van der Waals surface area (Å²) >= 11 is 8.48. The van der Waals surface area contributed by atoms with Gasteiger partial charge < -0.3 is 9.84 Å². The van der Waals surface area contributed by atoms with E-state index in [-0.39, 0.29) is 22.2 Å². The Balaban J connectivity index is 2.09. The number of phenols is 1. The maximum absolute atomic E-state index is 13.1.